The number of aliphatic imine (C=N–C) groups is 1. The molecular weight excluding hydrogens is 408 g/mol. The fourth-order valence-corrected chi connectivity index (χ4v) is 7.07. The molecule has 0 spiro atoms. The van der Waals surface area contributed by atoms with Crippen LogP contribution in [0.4, 0.5) is 0 Å². The number of aromatic nitrogens is 2. The monoisotopic (exact) mass is 440 g/mol. The van der Waals surface area contributed by atoms with Gasteiger partial charge in [-0.3, -0.25) is 15.0 Å². The highest BCUT2D eigenvalue weighted by atomic mass is 15.3. The second kappa shape index (κ2) is 8.03. The fourth-order valence-electron chi connectivity index (χ4n) is 7.07. The van der Waals surface area contributed by atoms with Crippen LogP contribution in [0.2, 0.25) is 0 Å². The first-order chi connectivity index (χ1) is 15.8. The molecule has 4 aliphatic rings. The van der Waals surface area contributed by atoms with E-state index in [1.165, 1.54) is 32.1 Å². The van der Waals surface area contributed by atoms with E-state index < -0.39 is 5.54 Å². The molecule has 1 aromatic heterocycles. The molecule has 0 atom stereocenters. The standard InChI is InChI=1S/C27H32N6/c1-16-24(21-7-5-18(14-28)6-8-21)17(2)33(32-16)27(3,4)26(30-15-29)31-25-22-10-19-9-20(12-22)13-23(25)11-19/h5-8,19-20,22-23,25H,9-13H2,1-4H3,(H,30,31). The van der Waals surface area contributed by atoms with E-state index >= 15 is 0 Å². The molecule has 33 heavy (non-hydrogen) atoms. The Morgan fingerprint density at radius 3 is 2.18 bits per heavy atom. The number of nitrogens with zero attached hydrogens (tertiary/aromatic N) is 5. The number of hydrogen-bond acceptors (Lipinski definition) is 4. The highest BCUT2D eigenvalue weighted by Gasteiger charge is 2.49. The number of rotatable bonds is 4. The van der Waals surface area contributed by atoms with Crippen molar-refractivity contribution < 1.29 is 0 Å². The van der Waals surface area contributed by atoms with Crippen LogP contribution in [0.25, 0.3) is 11.1 Å². The van der Waals surface area contributed by atoms with Crippen molar-refractivity contribution in [2.75, 3.05) is 0 Å². The van der Waals surface area contributed by atoms with Crippen LogP contribution in [0.3, 0.4) is 0 Å². The minimum Gasteiger partial charge on any atom is -0.279 e. The van der Waals surface area contributed by atoms with Crippen molar-refractivity contribution in [3.63, 3.8) is 0 Å². The average Bonchev–Trinajstić information content (AvgIpc) is 3.09. The van der Waals surface area contributed by atoms with Crippen LogP contribution < -0.4 is 5.32 Å². The summed E-state index contributed by atoms with van der Waals surface area (Å²) in [4.78, 5) is 5.27. The molecule has 170 valence electrons. The van der Waals surface area contributed by atoms with Crippen molar-refractivity contribution in [2.24, 2.45) is 28.7 Å². The highest BCUT2D eigenvalue weighted by Crippen LogP contribution is 2.54. The average molecular weight is 441 g/mol. The van der Waals surface area contributed by atoms with E-state index in [9.17, 15) is 5.26 Å². The minimum atomic E-state index is -0.593. The maximum atomic E-state index is 9.59. The Hall–Kier alpha value is -3.12. The zero-order valence-electron chi connectivity index (χ0n) is 20.0. The van der Waals surface area contributed by atoms with E-state index in [4.69, 9.17) is 15.4 Å². The van der Waals surface area contributed by atoms with Gasteiger partial charge in [0.15, 0.2) is 6.19 Å². The van der Waals surface area contributed by atoms with Gasteiger partial charge in [-0.25, -0.2) is 0 Å². The molecule has 0 unspecified atom stereocenters. The van der Waals surface area contributed by atoms with Crippen molar-refractivity contribution >= 4 is 5.84 Å². The lowest BCUT2D eigenvalue weighted by Gasteiger charge is -2.53. The van der Waals surface area contributed by atoms with Gasteiger partial charge < -0.3 is 0 Å². The number of nitriles is 2. The Bertz CT molecular complexity index is 1140. The van der Waals surface area contributed by atoms with E-state index in [1.807, 2.05) is 35.9 Å². The normalized spacial score (nSPS) is 28.4. The molecule has 6 heteroatoms. The second-order valence-electron chi connectivity index (χ2n) is 10.8. The van der Waals surface area contributed by atoms with E-state index in [0.717, 1.165) is 34.4 Å². The molecule has 1 aromatic carbocycles. The van der Waals surface area contributed by atoms with Gasteiger partial charge in [-0.05, 0) is 101 Å². The quantitative estimate of drug-likeness (QED) is 0.311. The third-order valence-electron chi connectivity index (χ3n) is 8.33. The van der Waals surface area contributed by atoms with Crippen LogP contribution >= 0.6 is 0 Å². The molecule has 6 nitrogen and oxygen atoms in total. The summed E-state index contributed by atoms with van der Waals surface area (Å²) >= 11 is 0. The fraction of sp³-hybridized carbons (Fsp3) is 0.556. The molecule has 4 saturated carbocycles. The zero-order chi connectivity index (χ0) is 23.3. The Labute approximate surface area is 196 Å². The summed E-state index contributed by atoms with van der Waals surface area (Å²) in [5.41, 5.74) is 4.11. The van der Waals surface area contributed by atoms with Gasteiger partial charge in [0.2, 0.25) is 0 Å². The first-order valence-corrected chi connectivity index (χ1v) is 12.1. The smallest absolute Gasteiger partial charge is 0.182 e. The van der Waals surface area contributed by atoms with Gasteiger partial charge in [0.25, 0.3) is 0 Å². The first-order valence-electron chi connectivity index (χ1n) is 12.1. The lowest BCUT2D eigenvalue weighted by Crippen LogP contribution is -2.50. The van der Waals surface area contributed by atoms with Crippen LogP contribution in [0.1, 0.15) is 62.9 Å². The predicted octanol–water partition coefficient (Wildman–Crippen LogP) is 5.07. The molecule has 4 bridgehead atoms. The van der Waals surface area contributed by atoms with Gasteiger partial charge in [0, 0.05) is 11.3 Å². The summed E-state index contributed by atoms with van der Waals surface area (Å²) in [6.45, 7) is 8.27. The molecule has 4 fully saturated rings. The molecule has 1 N–H and O–H groups in total. The van der Waals surface area contributed by atoms with Crippen molar-refractivity contribution in [1.82, 2.24) is 15.1 Å². The minimum absolute atomic E-state index is 0.308. The van der Waals surface area contributed by atoms with Crippen LogP contribution in [-0.4, -0.2) is 21.7 Å². The molecule has 2 aromatic rings. The Kier molecular flexibility index (Phi) is 5.28. The number of aryl methyl sites for hydroxylation is 1. The molecule has 0 amide bonds. The SMILES string of the molecule is Cc1nn(C(C)(C)C(=NC2C3CC4CC(C3)CC2C4)NC#N)c(C)c1-c1ccc(C#N)cc1. The van der Waals surface area contributed by atoms with Crippen LogP contribution in [0.15, 0.2) is 29.3 Å². The molecule has 0 radical (unpaired) electrons. The van der Waals surface area contributed by atoms with Gasteiger partial charge in [-0.2, -0.15) is 15.6 Å². The first kappa shape index (κ1) is 21.7. The molecular formula is C27H32N6. The Morgan fingerprint density at radius 2 is 1.64 bits per heavy atom. The summed E-state index contributed by atoms with van der Waals surface area (Å²) in [6, 6.07) is 10.1. The summed E-state index contributed by atoms with van der Waals surface area (Å²) < 4.78 is 2.01. The maximum Gasteiger partial charge on any atom is 0.182 e. The number of amidine groups is 1. The molecule has 1 heterocycles. The third-order valence-corrected chi connectivity index (χ3v) is 8.33. The summed E-state index contributed by atoms with van der Waals surface area (Å²) in [7, 11) is 0. The topological polar surface area (TPSA) is 89.8 Å². The van der Waals surface area contributed by atoms with Crippen molar-refractivity contribution in [3.05, 3.63) is 41.2 Å². The number of benzene rings is 1. The molecule has 4 aliphatic carbocycles. The predicted molar refractivity (Wildman–Crippen MR) is 128 cm³/mol. The van der Waals surface area contributed by atoms with E-state index in [0.29, 0.717) is 29.3 Å². The van der Waals surface area contributed by atoms with Crippen molar-refractivity contribution in [1.29, 1.82) is 10.5 Å². The van der Waals surface area contributed by atoms with E-state index in [2.05, 4.69) is 38.4 Å². The molecule has 6 rings (SSSR count). The lowest BCUT2D eigenvalue weighted by molar-refractivity contribution is 0.000896. The summed E-state index contributed by atoms with van der Waals surface area (Å²) in [6.07, 6.45) is 8.75. The Morgan fingerprint density at radius 1 is 1.03 bits per heavy atom. The summed E-state index contributed by atoms with van der Waals surface area (Å²) in [5, 5.41) is 26.6. The van der Waals surface area contributed by atoms with Crippen molar-refractivity contribution in [2.45, 2.75) is 71.4 Å². The number of hydrogen-bond donors (Lipinski definition) is 1. The van der Waals surface area contributed by atoms with Crippen molar-refractivity contribution in [3.8, 4) is 23.4 Å². The summed E-state index contributed by atoms with van der Waals surface area (Å²) in [5.74, 6) is 3.81. The van der Waals surface area contributed by atoms with E-state index in [-0.39, 0.29) is 0 Å². The Balaban J connectivity index is 1.51. The lowest BCUT2D eigenvalue weighted by atomic mass is 9.54. The van der Waals surface area contributed by atoms with Crippen LogP contribution in [0.5, 0.6) is 0 Å². The van der Waals surface area contributed by atoms with Gasteiger partial charge in [-0.1, -0.05) is 12.1 Å². The maximum absolute atomic E-state index is 9.59. The van der Waals surface area contributed by atoms with Crippen LogP contribution in [0, 0.1) is 60.3 Å². The highest BCUT2D eigenvalue weighted by molar-refractivity contribution is 5.90. The van der Waals surface area contributed by atoms with E-state index in [1.54, 1.807) is 0 Å². The third kappa shape index (κ3) is 3.62. The van der Waals surface area contributed by atoms with Gasteiger partial charge in [0.1, 0.15) is 11.4 Å². The van der Waals surface area contributed by atoms with Gasteiger partial charge in [-0.15, -0.1) is 0 Å². The molecule has 0 saturated heterocycles. The second-order valence-corrected chi connectivity index (χ2v) is 10.8. The number of nitrogens with one attached hydrogen (secondary N) is 1. The molecule has 0 aliphatic heterocycles. The largest absolute Gasteiger partial charge is 0.279 e. The van der Waals surface area contributed by atoms with Crippen LogP contribution in [-0.2, 0) is 5.54 Å². The van der Waals surface area contributed by atoms with Gasteiger partial charge >= 0.3 is 0 Å². The zero-order valence-corrected chi connectivity index (χ0v) is 20.0. The van der Waals surface area contributed by atoms with Gasteiger partial charge in [0.05, 0.1) is 23.4 Å².